The Hall–Kier alpha value is -0.520. The minimum absolute atomic E-state index is 0.350. The van der Waals surface area contributed by atoms with Crippen molar-refractivity contribution in [3.8, 4) is 12.3 Å². The molecule has 2 nitrogen and oxygen atoms in total. The lowest BCUT2D eigenvalue weighted by atomic mass is 9.91. The van der Waals surface area contributed by atoms with Crippen molar-refractivity contribution in [3.63, 3.8) is 0 Å². The van der Waals surface area contributed by atoms with Crippen molar-refractivity contribution in [1.29, 1.82) is 0 Å². The molecule has 14 heavy (non-hydrogen) atoms. The zero-order chi connectivity index (χ0) is 10.1. The van der Waals surface area contributed by atoms with Crippen molar-refractivity contribution in [2.24, 2.45) is 0 Å². The molecule has 2 rings (SSSR count). The van der Waals surface area contributed by atoms with Crippen LogP contribution in [0.2, 0.25) is 0 Å². The Morgan fingerprint density at radius 2 is 1.86 bits per heavy atom. The molecule has 1 aliphatic heterocycles. The van der Waals surface area contributed by atoms with Gasteiger partial charge in [-0.25, -0.2) is 0 Å². The van der Waals surface area contributed by atoms with E-state index in [1.807, 2.05) is 6.92 Å². The third-order valence-electron chi connectivity index (χ3n) is 3.28. The van der Waals surface area contributed by atoms with Gasteiger partial charge in [-0.05, 0) is 19.8 Å². The first-order chi connectivity index (χ1) is 6.68. The fraction of sp³-hybridized carbons (Fsp3) is 0.833. The van der Waals surface area contributed by atoms with E-state index in [9.17, 15) is 0 Å². The van der Waals surface area contributed by atoms with Crippen molar-refractivity contribution in [2.75, 3.05) is 6.61 Å². The lowest BCUT2D eigenvalue weighted by Gasteiger charge is -2.46. The maximum atomic E-state index is 5.99. The van der Waals surface area contributed by atoms with Crippen molar-refractivity contribution in [2.45, 2.75) is 56.8 Å². The summed E-state index contributed by atoms with van der Waals surface area (Å²) in [5.41, 5.74) is -0.407. The van der Waals surface area contributed by atoms with Crippen LogP contribution in [-0.4, -0.2) is 18.0 Å². The standard InChI is InChI=1S/C12H18O2/c1-3-11(2)9-10-13-12(14-11)7-5-4-6-8-12/h1H,4-10H2,2H3/t11-/m1/s1. The van der Waals surface area contributed by atoms with E-state index < -0.39 is 5.60 Å². The van der Waals surface area contributed by atoms with Gasteiger partial charge in [0.15, 0.2) is 5.79 Å². The molecule has 0 aromatic heterocycles. The number of ether oxygens (including phenoxy) is 2. The molecule has 0 N–H and O–H groups in total. The summed E-state index contributed by atoms with van der Waals surface area (Å²) in [7, 11) is 0. The van der Waals surface area contributed by atoms with E-state index in [0.29, 0.717) is 0 Å². The lowest BCUT2D eigenvalue weighted by Crippen LogP contribution is -2.50. The van der Waals surface area contributed by atoms with Gasteiger partial charge in [-0.3, -0.25) is 0 Å². The molecule has 2 heteroatoms. The van der Waals surface area contributed by atoms with Crippen molar-refractivity contribution in [3.05, 3.63) is 0 Å². The van der Waals surface area contributed by atoms with Crippen LogP contribution in [0.1, 0.15) is 45.4 Å². The van der Waals surface area contributed by atoms with Crippen molar-refractivity contribution >= 4 is 0 Å². The summed E-state index contributed by atoms with van der Waals surface area (Å²) in [6.45, 7) is 2.73. The Bertz CT molecular complexity index is 242. The highest BCUT2D eigenvalue weighted by Gasteiger charge is 2.43. The number of rotatable bonds is 0. The lowest BCUT2D eigenvalue weighted by molar-refractivity contribution is -0.319. The van der Waals surface area contributed by atoms with Crippen LogP contribution >= 0.6 is 0 Å². The van der Waals surface area contributed by atoms with Crippen LogP contribution in [0.3, 0.4) is 0 Å². The van der Waals surface area contributed by atoms with Crippen molar-refractivity contribution < 1.29 is 9.47 Å². The highest BCUT2D eigenvalue weighted by atomic mass is 16.7. The van der Waals surface area contributed by atoms with Gasteiger partial charge in [-0.2, -0.15) is 0 Å². The second-order valence-corrected chi connectivity index (χ2v) is 4.55. The van der Waals surface area contributed by atoms with Gasteiger partial charge in [0.25, 0.3) is 0 Å². The quantitative estimate of drug-likeness (QED) is 0.551. The van der Waals surface area contributed by atoms with E-state index in [0.717, 1.165) is 25.9 Å². The molecular weight excluding hydrogens is 176 g/mol. The molecule has 1 saturated heterocycles. The summed E-state index contributed by atoms with van der Waals surface area (Å²) < 4.78 is 11.8. The molecule has 2 aliphatic rings. The summed E-state index contributed by atoms with van der Waals surface area (Å²) in [6.07, 6.45) is 12.0. The maximum Gasteiger partial charge on any atom is 0.170 e. The van der Waals surface area contributed by atoms with Crippen LogP contribution in [0.15, 0.2) is 0 Å². The Kier molecular flexibility index (Phi) is 2.55. The van der Waals surface area contributed by atoms with Crippen LogP contribution in [0.5, 0.6) is 0 Å². The Labute approximate surface area is 86.0 Å². The molecule has 0 bridgehead atoms. The van der Waals surface area contributed by atoms with Crippen LogP contribution in [0.25, 0.3) is 0 Å². The number of hydrogen-bond donors (Lipinski definition) is 0. The van der Waals surface area contributed by atoms with Gasteiger partial charge in [0.1, 0.15) is 5.60 Å². The smallest absolute Gasteiger partial charge is 0.170 e. The normalized spacial score (nSPS) is 36.6. The Morgan fingerprint density at radius 1 is 1.14 bits per heavy atom. The molecule has 1 atom stereocenters. The van der Waals surface area contributed by atoms with Gasteiger partial charge in [0.2, 0.25) is 0 Å². The van der Waals surface area contributed by atoms with E-state index in [1.54, 1.807) is 0 Å². The predicted octanol–water partition coefficient (Wildman–Crippen LogP) is 2.48. The fourth-order valence-corrected chi connectivity index (χ4v) is 2.36. The van der Waals surface area contributed by atoms with E-state index in [1.165, 1.54) is 19.3 Å². The average molecular weight is 194 g/mol. The molecule has 0 unspecified atom stereocenters. The molecule has 0 amide bonds. The number of hydrogen-bond acceptors (Lipinski definition) is 2. The summed E-state index contributed by atoms with van der Waals surface area (Å²) in [5, 5.41) is 0. The topological polar surface area (TPSA) is 18.5 Å². The van der Waals surface area contributed by atoms with Gasteiger partial charge in [-0.15, -0.1) is 6.42 Å². The zero-order valence-electron chi connectivity index (χ0n) is 8.84. The minimum atomic E-state index is -0.407. The van der Waals surface area contributed by atoms with E-state index >= 15 is 0 Å². The summed E-state index contributed by atoms with van der Waals surface area (Å²) >= 11 is 0. The second kappa shape index (κ2) is 3.56. The van der Waals surface area contributed by atoms with Gasteiger partial charge < -0.3 is 9.47 Å². The van der Waals surface area contributed by atoms with Gasteiger partial charge in [0.05, 0.1) is 6.61 Å². The minimum Gasteiger partial charge on any atom is -0.350 e. The molecule has 1 heterocycles. The molecular formula is C12H18O2. The van der Waals surface area contributed by atoms with Crippen LogP contribution in [0, 0.1) is 12.3 Å². The van der Waals surface area contributed by atoms with E-state index in [2.05, 4.69) is 5.92 Å². The molecule has 0 aromatic rings. The molecule has 2 fully saturated rings. The van der Waals surface area contributed by atoms with Crippen LogP contribution < -0.4 is 0 Å². The molecule has 1 saturated carbocycles. The average Bonchev–Trinajstić information content (AvgIpc) is 2.19. The maximum absolute atomic E-state index is 5.99. The Balaban J connectivity index is 2.09. The Morgan fingerprint density at radius 3 is 2.50 bits per heavy atom. The highest BCUT2D eigenvalue weighted by Crippen LogP contribution is 2.40. The van der Waals surface area contributed by atoms with Gasteiger partial charge >= 0.3 is 0 Å². The molecule has 1 aliphatic carbocycles. The third kappa shape index (κ3) is 1.80. The first kappa shape index (κ1) is 10.0. The summed E-state index contributed by atoms with van der Waals surface area (Å²) in [4.78, 5) is 0. The molecule has 0 radical (unpaired) electrons. The second-order valence-electron chi connectivity index (χ2n) is 4.55. The zero-order valence-corrected chi connectivity index (χ0v) is 8.84. The van der Waals surface area contributed by atoms with E-state index in [-0.39, 0.29) is 5.79 Å². The first-order valence-electron chi connectivity index (χ1n) is 5.50. The van der Waals surface area contributed by atoms with Gasteiger partial charge in [0, 0.05) is 19.3 Å². The van der Waals surface area contributed by atoms with Crippen LogP contribution in [-0.2, 0) is 9.47 Å². The number of terminal acetylenes is 1. The third-order valence-corrected chi connectivity index (χ3v) is 3.28. The molecule has 78 valence electrons. The highest BCUT2D eigenvalue weighted by molar-refractivity contribution is 5.08. The monoisotopic (exact) mass is 194 g/mol. The molecule has 0 aromatic carbocycles. The first-order valence-corrected chi connectivity index (χ1v) is 5.50. The summed E-state index contributed by atoms with van der Waals surface area (Å²) in [6, 6.07) is 0. The largest absolute Gasteiger partial charge is 0.350 e. The predicted molar refractivity (Wildman–Crippen MR) is 54.7 cm³/mol. The van der Waals surface area contributed by atoms with E-state index in [4.69, 9.17) is 15.9 Å². The SMILES string of the molecule is C#C[C@]1(C)CCOC2(CCCCC2)O1. The van der Waals surface area contributed by atoms with Gasteiger partial charge in [-0.1, -0.05) is 12.3 Å². The fourth-order valence-electron chi connectivity index (χ4n) is 2.36. The summed E-state index contributed by atoms with van der Waals surface area (Å²) in [5.74, 6) is 2.40. The van der Waals surface area contributed by atoms with Crippen LogP contribution in [0.4, 0.5) is 0 Å². The van der Waals surface area contributed by atoms with Crippen molar-refractivity contribution in [1.82, 2.24) is 0 Å². The molecule has 1 spiro atoms.